The third kappa shape index (κ3) is 6.06. The molecular weight excluding hydrogens is 234 g/mol. The Morgan fingerprint density at radius 3 is 2.53 bits per heavy atom. The Hall–Kier alpha value is -1.09. The number of hydrogen-bond donors (Lipinski definition) is 1. The summed E-state index contributed by atoms with van der Waals surface area (Å²) in [5, 5.41) is 3.48. The summed E-state index contributed by atoms with van der Waals surface area (Å²) in [6.45, 7) is 16.2. The van der Waals surface area contributed by atoms with Crippen molar-refractivity contribution in [3.05, 3.63) is 24.0 Å². The Morgan fingerprint density at radius 1 is 1.32 bits per heavy atom. The maximum Gasteiger partial charge on any atom is 0.0562 e. The van der Waals surface area contributed by atoms with Crippen LogP contribution in [0.25, 0.3) is 0 Å². The van der Waals surface area contributed by atoms with E-state index in [4.69, 9.17) is 0 Å². The van der Waals surface area contributed by atoms with Gasteiger partial charge in [-0.05, 0) is 45.7 Å². The van der Waals surface area contributed by atoms with Crippen LogP contribution in [-0.4, -0.2) is 23.6 Å². The van der Waals surface area contributed by atoms with Crippen LogP contribution in [0, 0.1) is 5.92 Å². The lowest BCUT2D eigenvalue weighted by Gasteiger charge is -2.26. The van der Waals surface area contributed by atoms with E-state index in [1.54, 1.807) is 0 Å². The molecule has 0 fully saturated rings. The molecule has 0 amide bonds. The van der Waals surface area contributed by atoms with Crippen LogP contribution in [0.4, 0.5) is 5.69 Å². The van der Waals surface area contributed by atoms with Gasteiger partial charge in [0, 0.05) is 37.1 Å². The van der Waals surface area contributed by atoms with Gasteiger partial charge in [-0.1, -0.05) is 13.8 Å². The van der Waals surface area contributed by atoms with E-state index >= 15 is 0 Å². The predicted octanol–water partition coefficient (Wildman–Crippen LogP) is 3.45. The molecule has 0 saturated heterocycles. The van der Waals surface area contributed by atoms with E-state index in [0.717, 1.165) is 25.3 Å². The highest BCUT2D eigenvalue weighted by atomic mass is 15.1. The summed E-state index contributed by atoms with van der Waals surface area (Å²) < 4.78 is 0. The highest BCUT2D eigenvalue weighted by Gasteiger charge is 2.11. The van der Waals surface area contributed by atoms with Crippen molar-refractivity contribution in [2.45, 2.75) is 53.6 Å². The van der Waals surface area contributed by atoms with Gasteiger partial charge in [0.05, 0.1) is 5.69 Å². The molecule has 19 heavy (non-hydrogen) atoms. The molecule has 1 N–H and O–H groups in total. The fourth-order valence-electron chi connectivity index (χ4n) is 1.97. The molecule has 1 aromatic heterocycles. The summed E-state index contributed by atoms with van der Waals surface area (Å²) in [7, 11) is 0. The first-order chi connectivity index (χ1) is 8.81. The maximum absolute atomic E-state index is 4.45. The zero-order chi connectivity index (χ0) is 14.5. The van der Waals surface area contributed by atoms with Crippen molar-refractivity contribution in [1.82, 2.24) is 10.3 Å². The van der Waals surface area contributed by atoms with Crippen LogP contribution in [0.15, 0.2) is 18.3 Å². The minimum Gasteiger partial charge on any atom is -0.371 e. The molecule has 0 aliphatic carbocycles. The topological polar surface area (TPSA) is 28.2 Å². The molecule has 1 aromatic rings. The first-order valence-corrected chi connectivity index (χ1v) is 7.26. The molecule has 0 unspecified atom stereocenters. The summed E-state index contributed by atoms with van der Waals surface area (Å²) in [6.07, 6.45) is 1.91. The van der Waals surface area contributed by atoms with Gasteiger partial charge in [-0.2, -0.15) is 0 Å². The number of hydrogen-bond acceptors (Lipinski definition) is 3. The second kappa shape index (κ2) is 6.90. The summed E-state index contributed by atoms with van der Waals surface area (Å²) in [6, 6.07) is 4.30. The fraction of sp³-hybridized carbons (Fsp3) is 0.688. The van der Waals surface area contributed by atoms with Crippen molar-refractivity contribution in [3.8, 4) is 0 Å². The third-order valence-corrected chi connectivity index (χ3v) is 2.93. The number of nitrogens with zero attached hydrogens (tertiary/aromatic N) is 2. The average Bonchev–Trinajstić information content (AvgIpc) is 2.33. The normalized spacial score (nSPS) is 11.9. The third-order valence-electron chi connectivity index (χ3n) is 2.93. The molecule has 0 aliphatic rings. The smallest absolute Gasteiger partial charge is 0.0562 e. The number of aromatic nitrogens is 1. The molecule has 108 valence electrons. The van der Waals surface area contributed by atoms with Crippen LogP contribution < -0.4 is 10.2 Å². The first kappa shape index (κ1) is 16.0. The van der Waals surface area contributed by atoms with Crippen molar-refractivity contribution < 1.29 is 0 Å². The summed E-state index contributed by atoms with van der Waals surface area (Å²) >= 11 is 0. The Bertz CT molecular complexity index is 380. The Kier molecular flexibility index (Phi) is 5.80. The standard InChI is InChI=1S/C16H29N3/c1-7-19(12-13(2)3)15-8-9-17-14(10-15)11-18-16(4,5)6/h8-10,13,18H,7,11-12H2,1-6H3. The lowest BCUT2D eigenvalue weighted by Crippen LogP contribution is -2.35. The second-order valence-corrected chi connectivity index (χ2v) is 6.54. The van der Waals surface area contributed by atoms with E-state index in [0.29, 0.717) is 5.92 Å². The number of pyridine rings is 1. The van der Waals surface area contributed by atoms with E-state index < -0.39 is 0 Å². The van der Waals surface area contributed by atoms with Crippen molar-refractivity contribution in [2.24, 2.45) is 5.92 Å². The average molecular weight is 263 g/mol. The van der Waals surface area contributed by atoms with E-state index in [1.165, 1.54) is 5.69 Å². The number of nitrogens with one attached hydrogen (secondary N) is 1. The Labute approximate surface area is 118 Å². The monoisotopic (exact) mass is 263 g/mol. The van der Waals surface area contributed by atoms with Crippen molar-refractivity contribution in [3.63, 3.8) is 0 Å². The minimum atomic E-state index is 0.125. The molecule has 3 heteroatoms. The van der Waals surface area contributed by atoms with Gasteiger partial charge in [0.1, 0.15) is 0 Å². The number of anilines is 1. The zero-order valence-corrected chi connectivity index (χ0v) is 13.3. The first-order valence-electron chi connectivity index (χ1n) is 7.26. The highest BCUT2D eigenvalue weighted by Crippen LogP contribution is 2.16. The zero-order valence-electron chi connectivity index (χ0n) is 13.3. The molecule has 0 aromatic carbocycles. The van der Waals surface area contributed by atoms with Gasteiger partial charge in [-0.3, -0.25) is 4.98 Å². The van der Waals surface area contributed by atoms with Gasteiger partial charge in [0.2, 0.25) is 0 Å². The Morgan fingerprint density at radius 2 is 2.00 bits per heavy atom. The van der Waals surface area contributed by atoms with Crippen molar-refractivity contribution in [2.75, 3.05) is 18.0 Å². The van der Waals surface area contributed by atoms with E-state index in [2.05, 4.69) is 68.9 Å². The Balaban J connectivity index is 2.75. The SMILES string of the molecule is CCN(CC(C)C)c1ccnc(CNC(C)(C)C)c1. The fourth-order valence-corrected chi connectivity index (χ4v) is 1.97. The molecule has 1 heterocycles. The largest absolute Gasteiger partial charge is 0.371 e. The molecule has 3 nitrogen and oxygen atoms in total. The minimum absolute atomic E-state index is 0.125. The van der Waals surface area contributed by atoms with Crippen molar-refractivity contribution >= 4 is 5.69 Å². The molecule has 0 radical (unpaired) electrons. The number of rotatable bonds is 6. The highest BCUT2D eigenvalue weighted by molar-refractivity contribution is 5.46. The summed E-state index contributed by atoms with van der Waals surface area (Å²) in [5.74, 6) is 0.671. The van der Waals surface area contributed by atoms with Gasteiger partial charge in [0.25, 0.3) is 0 Å². The molecule has 0 bridgehead atoms. The van der Waals surface area contributed by atoms with Gasteiger partial charge < -0.3 is 10.2 Å². The lowest BCUT2D eigenvalue weighted by atomic mass is 10.1. The van der Waals surface area contributed by atoms with E-state index in [-0.39, 0.29) is 5.54 Å². The molecule has 0 atom stereocenters. The summed E-state index contributed by atoms with van der Waals surface area (Å²) in [5.41, 5.74) is 2.51. The molecule has 0 spiro atoms. The van der Waals surface area contributed by atoms with Gasteiger partial charge in [-0.25, -0.2) is 0 Å². The van der Waals surface area contributed by atoms with Crippen LogP contribution in [0.2, 0.25) is 0 Å². The predicted molar refractivity (Wildman–Crippen MR) is 83.6 cm³/mol. The lowest BCUT2D eigenvalue weighted by molar-refractivity contribution is 0.421. The van der Waals surface area contributed by atoms with Gasteiger partial charge in [0.15, 0.2) is 0 Å². The quantitative estimate of drug-likeness (QED) is 0.852. The van der Waals surface area contributed by atoms with Crippen LogP contribution in [0.3, 0.4) is 0 Å². The summed E-state index contributed by atoms with van der Waals surface area (Å²) in [4.78, 5) is 6.86. The van der Waals surface area contributed by atoms with E-state index in [9.17, 15) is 0 Å². The maximum atomic E-state index is 4.45. The van der Waals surface area contributed by atoms with Gasteiger partial charge >= 0.3 is 0 Å². The molecular formula is C16H29N3. The molecule has 1 rings (SSSR count). The van der Waals surface area contributed by atoms with Crippen molar-refractivity contribution in [1.29, 1.82) is 0 Å². The second-order valence-electron chi connectivity index (χ2n) is 6.54. The van der Waals surface area contributed by atoms with Crippen LogP contribution in [-0.2, 0) is 6.54 Å². The van der Waals surface area contributed by atoms with Crippen LogP contribution >= 0.6 is 0 Å². The van der Waals surface area contributed by atoms with E-state index in [1.807, 2.05) is 6.20 Å². The van der Waals surface area contributed by atoms with Crippen LogP contribution in [0.1, 0.15) is 47.2 Å². The van der Waals surface area contributed by atoms with Crippen LogP contribution in [0.5, 0.6) is 0 Å². The molecule has 0 aliphatic heterocycles. The van der Waals surface area contributed by atoms with Gasteiger partial charge in [-0.15, -0.1) is 0 Å². The molecule has 0 saturated carbocycles.